The lowest BCUT2D eigenvalue weighted by atomic mass is 10.2. The van der Waals surface area contributed by atoms with Crippen LogP contribution < -0.4 is 0 Å². The van der Waals surface area contributed by atoms with Crippen LogP contribution in [0.3, 0.4) is 0 Å². The third-order valence-electron chi connectivity index (χ3n) is 1.32. The lowest BCUT2D eigenvalue weighted by Gasteiger charge is -1.98. The lowest BCUT2D eigenvalue weighted by Crippen LogP contribution is -1.88. The fourth-order valence-electron chi connectivity index (χ4n) is 0.803. The minimum Gasteiger partial charge on any atom is -0.306 e. The van der Waals surface area contributed by atoms with Crippen LogP contribution >= 0.6 is 28.8 Å². The standard InChI is InChI=1S/C7H6Br.BrH.Mg/c1-6-4-2-3-5-7(6)8;;/h2-5H,1H2;1H;/q;;+1/p-1. The van der Waals surface area contributed by atoms with Gasteiger partial charge in [-0.3, -0.25) is 0 Å². The van der Waals surface area contributed by atoms with Gasteiger partial charge >= 0.3 is 18.2 Å². The van der Waals surface area contributed by atoms with Crippen molar-refractivity contribution in [3.8, 4) is 0 Å². The summed E-state index contributed by atoms with van der Waals surface area (Å²) < 4.78 is 2.46. The van der Waals surface area contributed by atoms with Crippen LogP contribution in [0.2, 0.25) is 0 Å². The number of benzene rings is 1. The zero-order valence-corrected chi connectivity index (χ0v) is 10.1. The summed E-state index contributed by atoms with van der Waals surface area (Å²) in [5.74, 6) is 0. The van der Waals surface area contributed by atoms with Crippen LogP contribution in [0, 0.1) is 0 Å². The molecule has 0 unspecified atom stereocenters. The van der Waals surface area contributed by atoms with Gasteiger partial charge in [0.2, 0.25) is 0 Å². The fourth-order valence-corrected chi connectivity index (χ4v) is 3.57. The Labute approximate surface area is 85.1 Å². The SMILES string of the molecule is [Br][Mg][CH2]c1ccccc1Br. The van der Waals surface area contributed by atoms with Gasteiger partial charge in [0, 0.05) is 4.47 Å². The summed E-state index contributed by atoms with van der Waals surface area (Å²) in [6, 6.07) is 8.38. The van der Waals surface area contributed by atoms with Gasteiger partial charge in [0.25, 0.3) is 0 Å². The first kappa shape index (κ1) is 9.04. The number of hydrogen-bond donors (Lipinski definition) is 0. The van der Waals surface area contributed by atoms with Crippen molar-refractivity contribution in [1.29, 1.82) is 0 Å². The van der Waals surface area contributed by atoms with Crippen molar-refractivity contribution in [3.05, 3.63) is 34.3 Å². The summed E-state index contributed by atoms with van der Waals surface area (Å²) in [7, 11) is 0. The molecule has 0 heterocycles. The van der Waals surface area contributed by atoms with E-state index >= 15 is 0 Å². The van der Waals surface area contributed by atoms with E-state index in [1.807, 2.05) is 6.07 Å². The van der Waals surface area contributed by atoms with Gasteiger partial charge in [-0.15, -0.1) is 4.55 Å². The third-order valence-corrected chi connectivity index (χ3v) is 4.01. The molecule has 0 aliphatic rings. The number of hydrogen-bond acceptors (Lipinski definition) is 0. The second-order valence-electron chi connectivity index (χ2n) is 2.03. The van der Waals surface area contributed by atoms with Crippen molar-refractivity contribution in [2.24, 2.45) is 0 Å². The van der Waals surface area contributed by atoms with Gasteiger partial charge in [-0.2, -0.15) is 0 Å². The monoisotopic (exact) mass is 272 g/mol. The highest BCUT2D eigenvalue weighted by atomic mass is 79.9. The van der Waals surface area contributed by atoms with Crippen molar-refractivity contribution >= 4 is 47.0 Å². The molecule has 0 aliphatic carbocycles. The summed E-state index contributed by atoms with van der Waals surface area (Å²) >= 11 is 7.01. The van der Waals surface area contributed by atoms with Crippen LogP contribution in [-0.2, 0) is 4.55 Å². The minimum atomic E-state index is -0.0232. The normalized spacial score (nSPS) is 9.00. The molecule has 0 fully saturated rings. The maximum absolute atomic E-state index is 3.54. The summed E-state index contributed by atoms with van der Waals surface area (Å²) in [5, 5.41) is 0. The number of halogens is 2. The summed E-state index contributed by atoms with van der Waals surface area (Å²) in [4.78, 5) is 0. The highest BCUT2D eigenvalue weighted by molar-refractivity contribution is 9.23. The van der Waals surface area contributed by atoms with E-state index in [0.717, 1.165) is 0 Å². The topological polar surface area (TPSA) is 0 Å². The van der Waals surface area contributed by atoms with Crippen LogP contribution in [-0.4, -0.2) is 18.2 Å². The summed E-state index contributed by atoms with van der Waals surface area (Å²) in [5.41, 5.74) is 1.42. The summed E-state index contributed by atoms with van der Waals surface area (Å²) in [6.45, 7) is 0. The van der Waals surface area contributed by atoms with Crippen LogP contribution in [0.25, 0.3) is 0 Å². The molecule has 0 radical (unpaired) electrons. The van der Waals surface area contributed by atoms with Crippen molar-refractivity contribution < 1.29 is 0 Å². The number of rotatable bonds is 2. The molecule has 0 atom stereocenters. The molecule has 50 valence electrons. The molecule has 0 aromatic heterocycles. The Morgan fingerprint density at radius 3 is 2.60 bits per heavy atom. The van der Waals surface area contributed by atoms with Crippen LogP contribution in [0.15, 0.2) is 28.7 Å². The minimum absolute atomic E-state index is 0.0232. The van der Waals surface area contributed by atoms with E-state index in [-0.39, 0.29) is 18.2 Å². The highest BCUT2D eigenvalue weighted by Crippen LogP contribution is 2.15. The van der Waals surface area contributed by atoms with Gasteiger partial charge in [0.05, 0.1) is 0 Å². The van der Waals surface area contributed by atoms with Gasteiger partial charge in [0.1, 0.15) is 0 Å². The third kappa shape index (κ3) is 2.53. The average Bonchev–Trinajstić information content (AvgIpc) is 1.94. The first-order valence-electron chi connectivity index (χ1n) is 3.14. The molecule has 0 saturated heterocycles. The molecule has 0 amide bonds. The first-order chi connectivity index (χ1) is 4.84. The Morgan fingerprint density at radius 2 is 2.00 bits per heavy atom. The zero-order chi connectivity index (χ0) is 7.40. The molecule has 0 aliphatic heterocycles. The molecule has 0 bridgehead atoms. The van der Waals surface area contributed by atoms with Crippen LogP contribution in [0.1, 0.15) is 5.56 Å². The van der Waals surface area contributed by atoms with E-state index < -0.39 is 0 Å². The highest BCUT2D eigenvalue weighted by Gasteiger charge is 1.97. The quantitative estimate of drug-likeness (QED) is 0.727. The smallest absolute Gasteiger partial charge is 0.306 e. The van der Waals surface area contributed by atoms with Crippen LogP contribution in [0.5, 0.6) is 0 Å². The van der Waals surface area contributed by atoms with Gasteiger partial charge in [-0.1, -0.05) is 39.7 Å². The average molecular weight is 274 g/mol. The molecule has 3 heteroatoms. The van der Waals surface area contributed by atoms with E-state index in [4.69, 9.17) is 0 Å². The molecular weight excluding hydrogens is 268 g/mol. The van der Waals surface area contributed by atoms with Crippen LogP contribution in [0.4, 0.5) is 0 Å². The van der Waals surface area contributed by atoms with Crippen molar-refractivity contribution in [2.75, 3.05) is 0 Å². The van der Waals surface area contributed by atoms with Crippen molar-refractivity contribution in [1.82, 2.24) is 0 Å². The van der Waals surface area contributed by atoms with Gasteiger partial charge in [-0.05, 0) is 6.07 Å². The van der Waals surface area contributed by atoms with E-state index in [1.165, 1.54) is 14.6 Å². The molecule has 0 N–H and O–H groups in total. The van der Waals surface area contributed by atoms with E-state index in [1.54, 1.807) is 0 Å². The van der Waals surface area contributed by atoms with E-state index in [2.05, 4.69) is 47.0 Å². The molecule has 0 nitrogen and oxygen atoms in total. The second kappa shape index (κ2) is 4.75. The largest absolute Gasteiger partial charge is 0.473 e. The zero-order valence-electron chi connectivity index (χ0n) is 5.48. The molecule has 0 spiro atoms. The second-order valence-corrected chi connectivity index (χ2v) is 6.14. The summed E-state index contributed by atoms with van der Waals surface area (Å²) in [6.07, 6.45) is 0. The predicted molar refractivity (Wildman–Crippen MR) is 52.5 cm³/mol. The van der Waals surface area contributed by atoms with Crippen molar-refractivity contribution in [3.63, 3.8) is 0 Å². The van der Waals surface area contributed by atoms with Gasteiger partial charge in [0.15, 0.2) is 0 Å². The maximum atomic E-state index is 3.54. The molecule has 1 aromatic carbocycles. The molecule has 0 saturated carbocycles. The Hall–Kier alpha value is 0.946. The fraction of sp³-hybridized carbons (Fsp3) is 0.143. The Balaban J connectivity index is 2.81. The Morgan fingerprint density at radius 1 is 1.30 bits per heavy atom. The molecular formula is C7H6Br2Mg. The first-order valence-corrected chi connectivity index (χ1v) is 8.83. The van der Waals surface area contributed by atoms with Gasteiger partial charge in [-0.25, -0.2) is 0 Å². The van der Waals surface area contributed by atoms with Crippen molar-refractivity contribution in [2.45, 2.75) is 4.55 Å². The van der Waals surface area contributed by atoms with Gasteiger partial charge < -0.3 is 12.9 Å². The Bertz CT molecular complexity index is 213. The maximum Gasteiger partial charge on any atom is 0.473 e. The molecule has 1 aromatic rings. The van der Waals surface area contributed by atoms with E-state index in [9.17, 15) is 0 Å². The molecule has 1 rings (SSSR count). The lowest BCUT2D eigenvalue weighted by molar-refractivity contribution is 1.37. The predicted octanol–water partition coefficient (Wildman–Crippen LogP) is 2.96. The van der Waals surface area contributed by atoms with E-state index in [0.29, 0.717) is 0 Å². The Kier molecular flexibility index (Phi) is 4.29. The molecule has 10 heavy (non-hydrogen) atoms.